The number of nitrogens with one attached hydrogen (secondary N) is 2. The van der Waals surface area contributed by atoms with E-state index in [1.165, 1.54) is 10.4 Å². The van der Waals surface area contributed by atoms with Crippen LogP contribution in [-0.4, -0.2) is 16.1 Å². The molecule has 0 radical (unpaired) electrons. The largest absolute Gasteiger partial charge is 0.304 e. The first-order valence-electron chi connectivity index (χ1n) is 6.59. The monoisotopic (exact) mass is 277 g/mol. The van der Waals surface area contributed by atoms with Crippen molar-refractivity contribution in [3.8, 4) is 0 Å². The van der Waals surface area contributed by atoms with E-state index in [2.05, 4.69) is 29.4 Å². The number of rotatable bonds is 5. The number of H-pyrrole nitrogens is 1. The quantitative estimate of drug-likeness (QED) is 0.878. The lowest BCUT2D eigenvalue weighted by Gasteiger charge is -1.97. The van der Waals surface area contributed by atoms with E-state index in [-0.39, 0.29) is 5.91 Å². The zero-order valence-electron chi connectivity index (χ0n) is 11.5. The minimum absolute atomic E-state index is 0.0812. The van der Waals surface area contributed by atoms with E-state index in [9.17, 15) is 4.79 Å². The Morgan fingerprint density at radius 3 is 2.84 bits per heavy atom. The van der Waals surface area contributed by atoms with E-state index in [0.29, 0.717) is 5.82 Å². The third-order valence-electron chi connectivity index (χ3n) is 2.96. The van der Waals surface area contributed by atoms with Crippen LogP contribution < -0.4 is 5.32 Å². The maximum Gasteiger partial charge on any atom is 0.266 e. The molecule has 0 aliphatic heterocycles. The summed E-state index contributed by atoms with van der Waals surface area (Å²) < 4.78 is 0. The standard InChI is InChI=1S/C14H19N3OS/c1-4-6-10-8-13(17-16-10)15-14(18)12-7-9(3)11(5-2)19-12/h7-8H,4-6H2,1-3H3,(H2,15,16,17,18). The highest BCUT2D eigenvalue weighted by molar-refractivity contribution is 7.14. The second-order valence-electron chi connectivity index (χ2n) is 4.55. The van der Waals surface area contributed by atoms with Crippen LogP contribution in [0.3, 0.4) is 0 Å². The molecule has 0 saturated heterocycles. The van der Waals surface area contributed by atoms with Crippen LogP contribution in [0, 0.1) is 6.92 Å². The van der Waals surface area contributed by atoms with Crippen molar-refractivity contribution >= 4 is 23.1 Å². The molecule has 2 rings (SSSR count). The van der Waals surface area contributed by atoms with Gasteiger partial charge in [-0.2, -0.15) is 5.10 Å². The predicted octanol–water partition coefficient (Wildman–Crippen LogP) is 3.55. The maximum absolute atomic E-state index is 12.1. The van der Waals surface area contributed by atoms with Gasteiger partial charge in [0.25, 0.3) is 5.91 Å². The normalized spacial score (nSPS) is 10.7. The molecule has 0 unspecified atom stereocenters. The van der Waals surface area contributed by atoms with E-state index < -0.39 is 0 Å². The second kappa shape index (κ2) is 6.02. The molecule has 102 valence electrons. The van der Waals surface area contributed by atoms with Crippen LogP contribution in [0.4, 0.5) is 5.82 Å². The molecule has 0 spiro atoms. The highest BCUT2D eigenvalue weighted by atomic mass is 32.1. The fraction of sp³-hybridized carbons (Fsp3) is 0.429. The van der Waals surface area contributed by atoms with Crippen LogP contribution >= 0.6 is 11.3 Å². The highest BCUT2D eigenvalue weighted by Gasteiger charge is 2.13. The number of aromatic nitrogens is 2. The topological polar surface area (TPSA) is 57.8 Å². The molecule has 5 heteroatoms. The van der Waals surface area contributed by atoms with Gasteiger partial charge in [-0.3, -0.25) is 9.89 Å². The third-order valence-corrected chi connectivity index (χ3v) is 4.34. The molecular weight excluding hydrogens is 258 g/mol. The molecule has 2 N–H and O–H groups in total. The summed E-state index contributed by atoms with van der Waals surface area (Å²) in [6.07, 6.45) is 2.97. The molecule has 0 aliphatic carbocycles. The van der Waals surface area contributed by atoms with Crippen molar-refractivity contribution in [2.45, 2.75) is 40.0 Å². The Bertz CT molecular complexity index is 571. The van der Waals surface area contributed by atoms with E-state index in [4.69, 9.17) is 0 Å². The third kappa shape index (κ3) is 3.23. The Labute approximate surface area is 117 Å². The number of thiophene rings is 1. The van der Waals surface area contributed by atoms with Gasteiger partial charge in [-0.15, -0.1) is 11.3 Å². The van der Waals surface area contributed by atoms with E-state index >= 15 is 0 Å². The zero-order chi connectivity index (χ0) is 13.8. The molecule has 1 amide bonds. The number of hydrogen-bond acceptors (Lipinski definition) is 3. The van der Waals surface area contributed by atoms with Gasteiger partial charge in [0.1, 0.15) is 0 Å². The molecule has 0 atom stereocenters. The number of amides is 1. The molecular formula is C14H19N3OS. The number of hydrogen-bond donors (Lipinski definition) is 2. The number of carbonyl (C=O) groups is 1. The van der Waals surface area contributed by atoms with Gasteiger partial charge in [0, 0.05) is 16.6 Å². The average molecular weight is 277 g/mol. The summed E-state index contributed by atoms with van der Waals surface area (Å²) in [7, 11) is 0. The van der Waals surface area contributed by atoms with Crippen molar-refractivity contribution in [1.29, 1.82) is 0 Å². The van der Waals surface area contributed by atoms with E-state index in [0.717, 1.165) is 29.8 Å². The number of aromatic amines is 1. The molecule has 0 aliphatic rings. The van der Waals surface area contributed by atoms with Crippen LogP contribution in [0.2, 0.25) is 0 Å². The maximum atomic E-state index is 12.1. The Morgan fingerprint density at radius 1 is 1.42 bits per heavy atom. The van der Waals surface area contributed by atoms with Crippen LogP contribution in [0.1, 0.15) is 46.1 Å². The smallest absolute Gasteiger partial charge is 0.266 e. The van der Waals surface area contributed by atoms with Crippen molar-refractivity contribution in [2.24, 2.45) is 0 Å². The highest BCUT2D eigenvalue weighted by Crippen LogP contribution is 2.23. The van der Waals surface area contributed by atoms with Gasteiger partial charge < -0.3 is 5.32 Å². The lowest BCUT2D eigenvalue weighted by molar-refractivity contribution is 0.103. The summed E-state index contributed by atoms with van der Waals surface area (Å²) in [5, 5.41) is 9.86. The summed E-state index contributed by atoms with van der Waals surface area (Å²) in [6.45, 7) is 6.26. The first kappa shape index (κ1) is 13.8. The average Bonchev–Trinajstić information content (AvgIpc) is 2.96. The number of aryl methyl sites for hydroxylation is 3. The Morgan fingerprint density at radius 2 is 2.21 bits per heavy atom. The Kier molecular flexibility index (Phi) is 4.37. The molecule has 0 saturated carbocycles. The minimum atomic E-state index is -0.0812. The Hall–Kier alpha value is -1.62. The van der Waals surface area contributed by atoms with Gasteiger partial charge in [-0.1, -0.05) is 20.3 Å². The molecule has 0 aromatic carbocycles. The Balaban J connectivity index is 2.06. The van der Waals surface area contributed by atoms with E-state index in [1.54, 1.807) is 11.3 Å². The van der Waals surface area contributed by atoms with Crippen LogP contribution in [0.5, 0.6) is 0 Å². The van der Waals surface area contributed by atoms with Crippen LogP contribution in [0.15, 0.2) is 12.1 Å². The predicted molar refractivity (Wildman–Crippen MR) is 79.0 cm³/mol. The van der Waals surface area contributed by atoms with Crippen molar-refractivity contribution < 1.29 is 4.79 Å². The van der Waals surface area contributed by atoms with Crippen LogP contribution in [0.25, 0.3) is 0 Å². The SMILES string of the molecule is CCCc1cc(NC(=O)c2cc(C)c(CC)s2)n[nH]1. The molecule has 2 aromatic rings. The summed E-state index contributed by atoms with van der Waals surface area (Å²) in [4.78, 5) is 14.1. The number of nitrogens with zero attached hydrogens (tertiary/aromatic N) is 1. The van der Waals surface area contributed by atoms with Gasteiger partial charge in [0.2, 0.25) is 0 Å². The molecule has 0 bridgehead atoms. The van der Waals surface area contributed by atoms with Crippen molar-refractivity contribution in [1.82, 2.24) is 10.2 Å². The zero-order valence-corrected chi connectivity index (χ0v) is 12.4. The first-order chi connectivity index (χ1) is 9.13. The van der Waals surface area contributed by atoms with E-state index in [1.807, 2.05) is 19.1 Å². The fourth-order valence-electron chi connectivity index (χ4n) is 1.98. The van der Waals surface area contributed by atoms with Crippen molar-refractivity contribution in [3.05, 3.63) is 33.1 Å². The van der Waals surface area contributed by atoms with Crippen molar-refractivity contribution in [2.75, 3.05) is 5.32 Å². The fourth-order valence-corrected chi connectivity index (χ4v) is 2.99. The van der Waals surface area contributed by atoms with Crippen molar-refractivity contribution in [3.63, 3.8) is 0 Å². The summed E-state index contributed by atoms with van der Waals surface area (Å²) in [6, 6.07) is 3.83. The first-order valence-corrected chi connectivity index (χ1v) is 7.40. The van der Waals surface area contributed by atoms with Gasteiger partial charge in [-0.25, -0.2) is 0 Å². The van der Waals surface area contributed by atoms with Crippen LogP contribution in [-0.2, 0) is 12.8 Å². The lowest BCUT2D eigenvalue weighted by Crippen LogP contribution is -2.10. The minimum Gasteiger partial charge on any atom is -0.304 e. The molecule has 2 heterocycles. The van der Waals surface area contributed by atoms with Gasteiger partial charge in [0.05, 0.1) is 4.88 Å². The molecule has 2 aromatic heterocycles. The molecule has 19 heavy (non-hydrogen) atoms. The summed E-state index contributed by atoms with van der Waals surface area (Å²) >= 11 is 1.55. The van der Waals surface area contributed by atoms with Gasteiger partial charge in [0.15, 0.2) is 5.82 Å². The lowest BCUT2D eigenvalue weighted by atomic mass is 10.2. The number of anilines is 1. The van der Waals surface area contributed by atoms with Gasteiger partial charge >= 0.3 is 0 Å². The summed E-state index contributed by atoms with van der Waals surface area (Å²) in [5.41, 5.74) is 2.24. The molecule has 0 fully saturated rings. The van der Waals surface area contributed by atoms with Gasteiger partial charge in [-0.05, 0) is 31.4 Å². The number of carbonyl (C=O) groups excluding carboxylic acids is 1. The second-order valence-corrected chi connectivity index (χ2v) is 5.69. The molecule has 4 nitrogen and oxygen atoms in total. The summed E-state index contributed by atoms with van der Waals surface area (Å²) in [5.74, 6) is 0.514.